The second-order valence-electron chi connectivity index (χ2n) is 6.83. The number of para-hydroxylation sites is 1. The second kappa shape index (κ2) is 9.10. The Labute approximate surface area is 164 Å². The van der Waals surface area contributed by atoms with Crippen LogP contribution in [0.25, 0.3) is 10.9 Å². The summed E-state index contributed by atoms with van der Waals surface area (Å²) in [4.78, 5) is 31.4. The zero-order valence-electron chi connectivity index (χ0n) is 16.1. The summed E-state index contributed by atoms with van der Waals surface area (Å²) in [5.74, 6) is -0.458. The number of rotatable bonds is 7. The van der Waals surface area contributed by atoms with Crippen LogP contribution in [0.2, 0.25) is 0 Å². The minimum absolute atomic E-state index is 0.180. The molecule has 0 aliphatic heterocycles. The van der Waals surface area contributed by atoms with Gasteiger partial charge in [0.15, 0.2) is 0 Å². The number of fused-ring (bicyclic) bond motifs is 1. The number of pyridine rings is 1. The van der Waals surface area contributed by atoms with Crippen LogP contribution in [-0.2, 0) is 0 Å². The van der Waals surface area contributed by atoms with Gasteiger partial charge in [0.2, 0.25) is 0 Å². The third kappa shape index (κ3) is 4.92. The summed E-state index contributed by atoms with van der Waals surface area (Å²) >= 11 is 0. The highest BCUT2D eigenvalue weighted by Gasteiger charge is 2.12. The van der Waals surface area contributed by atoms with E-state index in [9.17, 15) is 9.59 Å². The first-order valence-electron chi connectivity index (χ1n) is 9.22. The monoisotopic (exact) mass is 376 g/mol. The summed E-state index contributed by atoms with van der Waals surface area (Å²) in [7, 11) is 3.99. The molecule has 3 rings (SSSR count). The van der Waals surface area contributed by atoms with Crippen molar-refractivity contribution in [3.8, 4) is 0 Å². The molecule has 0 radical (unpaired) electrons. The first-order chi connectivity index (χ1) is 13.5. The molecule has 0 bridgehead atoms. The number of hydrogen-bond donors (Lipinski definition) is 2. The molecule has 28 heavy (non-hydrogen) atoms. The molecule has 0 unspecified atom stereocenters. The Morgan fingerprint density at radius 3 is 2.46 bits per heavy atom. The predicted octanol–water partition coefficient (Wildman–Crippen LogP) is 3.17. The van der Waals surface area contributed by atoms with E-state index in [-0.39, 0.29) is 11.8 Å². The Bertz CT molecular complexity index is 980. The minimum Gasteiger partial charge on any atom is -0.352 e. The van der Waals surface area contributed by atoms with Gasteiger partial charge >= 0.3 is 0 Å². The Balaban J connectivity index is 1.69. The minimum atomic E-state index is -0.277. The molecule has 0 aliphatic rings. The number of anilines is 1. The van der Waals surface area contributed by atoms with E-state index in [1.807, 2.05) is 44.4 Å². The lowest BCUT2D eigenvalue weighted by Crippen LogP contribution is -2.27. The van der Waals surface area contributed by atoms with Crippen LogP contribution in [0.5, 0.6) is 0 Å². The molecular weight excluding hydrogens is 352 g/mol. The molecule has 1 aromatic heterocycles. The van der Waals surface area contributed by atoms with Crippen LogP contribution >= 0.6 is 0 Å². The first-order valence-corrected chi connectivity index (χ1v) is 9.22. The highest BCUT2D eigenvalue weighted by atomic mass is 16.2. The average molecular weight is 376 g/mol. The molecule has 144 valence electrons. The predicted molar refractivity (Wildman–Crippen MR) is 112 cm³/mol. The Kier molecular flexibility index (Phi) is 6.34. The van der Waals surface area contributed by atoms with E-state index in [2.05, 4.69) is 20.5 Å². The summed E-state index contributed by atoms with van der Waals surface area (Å²) < 4.78 is 0. The standard InChI is InChI=1S/C22H24N4O2/c1-26(2)14-6-13-24-21(27)17-8-3-9-18(15-17)22(28)25-19-11-4-7-16-10-5-12-23-20(16)19/h3-5,7-12,15H,6,13-14H2,1-2H3,(H,24,27)(H,25,28). The second-order valence-corrected chi connectivity index (χ2v) is 6.83. The van der Waals surface area contributed by atoms with Gasteiger partial charge in [-0.05, 0) is 57.4 Å². The van der Waals surface area contributed by atoms with Crippen LogP contribution in [0.1, 0.15) is 27.1 Å². The van der Waals surface area contributed by atoms with Gasteiger partial charge in [0.25, 0.3) is 11.8 Å². The average Bonchev–Trinajstić information content (AvgIpc) is 2.71. The van der Waals surface area contributed by atoms with Crippen molar-refractivity contribution < 1.29 is 9.59 Å². The SMILES string of the molecule is CN(C)CCCNC(=O)c1cccc(C(=O)Nc2cccc3cccnc23)c1. The van der Waals surface area contributed by atoms with Crippen molar-refractivity contribution in [3.63, 3.8) is 0 Å². The van der Waals surface area contributed by atoms with Gasteiger partial charge in [-0.15, -0.1) is 0 Å². The summed E-state index contributed by atoms with van der Waals surface area (Å²) in [5.41, 5.74) is 2.26. The first kappa shape index (κ1) is 19.5. The zero-order valence-corrected chi connectivity index (χ0v) is 16.1. The van der Waals surface area contributed by atoms with Gasteiger partial charge in [-0.25, -0.2) is 0 Å². The normalized spacial score (nSPS) is 10.8. The van der Waals surface area contributed by atoms with E-state index in [1.54, 1.807) is 30.5 Å². The maximum Gasteiger partial charge on any atom is 0.255 e. The summed E-state index contributed by atoms with van der Waals surface area (Å²) in [6.45, 7) is 1.50. The highest BCUT2D eigenvalue weighted by Crippen LogP contribution is 2.21. The maximum absolute atomic E-state index is 12.7. The molecule has 0 saturated carbocycles. The van der Waals surface area contributed by atoms with Crippen LogP contribution in [0.15, 0.2) is 60.8 Å². The lowest BCUT2D eigenvalue weighted by Gasteiger charge is -2.11. The summed E-state index contributed by atoms with van der Waals surface area (Å²) in [6, 6.07) is 16.1. The van der Waals surface area contributed by atoms with E-state index in [0.29, 0.717) is 23.4 Å². The number of carbonyl (C=O) groups excluding carboxylic acids is 2. The van der Waals surface area contributed by atoms with Crippen molar-refractivity contribution in [2.24, 2.45) is 0 Å². The summed E-state index contributed by atoms with van der Waals surface area (Å²) in [6.07, 6.45) is 2.56. The smallest absolute Gasteiger partial charge is 0.255 e. The maximum atomic E-state index is 12.7. The topological polar surface area (TPSA) is 74.3 Å². The van der Waals surface area contributed by atoms with Crippen LogP contribution in [0.3, 0.4) is 0 Å². The molecule has 0 fully saturated rings. The number of aromatic nitrogens is 1. The van der Waals surface area contributed by atoms with E-state index in [1.165, 1.54) is 0 Å². The van der Waals surface area contributed by atoms with Crippen LogP contribution in [-0.4, -0.2) is 48.9 Å². The Hall–Kier alpha value is -3.25. The number of nitrogens with zero attached hydrogens (tertiary/aromatic N) is 2. The molecule has 1 heterocycles. The lowest BCUT2D eigenvalue weighted by molar-refractivity contribution is 0.0952. The molecule has 2 amide bonds. The largest absolute Gasteiger partial charge is 0.352 e. The lowest BCUT2D eigenvalue weighted by atomic mass is 10.1. The van der Waals surface area contributed by atoms with Gasteiger partial charge in [-0.2, -0.15) is 0 Å². The van der Waals surface area contributed by atoms with E-state index < -0.39 is 0 Å². The van der Waals surface area contributed by atoms with Gasteiger partial charge < -0.3 is 15.5 Å². The fraction of sp³-hybridized carbons (Fsp3) is 0.227. The zero-order chi connectivity index (χ0) is 19.9. The molecule has 0 saturated heterocycles. The van der Waals surface area contributed by atoms with E-state index in [0.717, 1.165) is 23.9 Å². The number of amides is 2. The molecule has 6 heteroatoms. The Morgan fingerprint density at radius 1 is 0.964 bits per heavy atom. The molecule has 6 nitrogen and oxygen atoms in total. The number of carbonyl (C=O) groups is 2. The third-order valence-corrected chi connectivity index (χ3v) is 4.34. The van der Waals surface area contributed by atoms with Crippen LogP contribution in [0, 0.1) is 0 Å². The molecule has 0 aliphatic carbocycles. The molecule has 0 spiro atoms. The van der Waals surface area contributed by atoms with Gasteiger partial charge in [0.05, 0.1) is 11.2 Å². The molecule has 2 aromatic carbocycles. The summed E-state index contributed by atoms with van der Waals surface area (Å²) in [5, 5.41) is 6.73. The van der Waals surface area contributed by atoms with E-state index >= 15 is 0 Å². The highest BCUT2D eigenvalue weighted by molar-refractivity contribution is 6.09. The van der Waals surface area contributed by atoms with Crippen LogP contribution in [0.4, 0.5) is 5.69 Å². The van der Waals surface area contributed by atoms with Crippen LogP contribution < -0.4 is 10.6 Å². The van der Waals surface area contributed by atoms with Gasteiger partial charge in [-0.3, -0.25) is 14.6 Å². The fourth-order valence-corrected chi connectivity index (χ4v) is 2.90. The molecular formula is C22H24N4O2. The molecule has 0 atom stereocenters. The van der Waals surface area contributed by atoms with Gasteiger partial charge in [0, 0.05) is 29.3 Å². The van der Waals surface area contributed by atoms with Crippen molar-refractivity contribution in [3.05, 3.63) is 71.9 Å². The fourth-order valence-electron chi connectivity index (χ4n) is 2.90. The number of hydrogen-bond acceptors (Lipinski definition) is 4. The van der Waals surface area contributed by atoms with Crippen molar-refractivity contribution in [1.29, 1.82) is 0 Å². The number of nitrogens with one attached hydrogen (secondary N) is 2. The Morgan fingerprint density at radius 2 is 1.68 bits per heavy atom. The third-order valence-electron chi connectivity index (χ3n) is 4.34. The van der Waals surface area contributed by atoms with E-state index in [4.69, 9.17) is 0 Å². The van der Waals surface area contributed by atoms with Gasteiger partial charge in [0.1, 0.15) is 0 Å². The molecule has 3 aromatic rings. The van der Waals surface area contributed by atoms with Gasteiger partial charge in [-0.1, -0.05) is 24.3 Å². The van der Waals surface area contributed by atoms with Crippen molar-refractivity contribution in [2.45, 2.75) is 6.42 Å². The quantitative estimate of drug-likeness (QED) is 0.621. The van der Waals surface area contributed by atoms with Crippen molar-refractivity contribution in [2.75, 3.05) is 32.5 Å². The van der Waals surface area contributed by atoms with Crippen molar-refractivity contribution in [1.82, 2.24) is 15.2 Å². The molecule has 2 N–H and O–H groups in total. The number of benzene rings is 2. The van der Waals surface area contributed by atoms with Crippen molar-refractivity contribution >= 4 is 28.4 Å².